The zero-order valence-electron chi connectivity index (χ0n) is 11.8. The minimum atomic E-state index is -0.0567. The summed E-state index contributed by atoms with van der Waals surface area (Å²) in [6.07, 6.45) is 1.51. The average molecular weight is 301 g/mol. The lowest BCUT2D eigenvalue weighted by atomic mass is 10.3. The van der Waals surface area contributed by atoms with Crippen LogP contribution < -0.4 is 0 Å². The van der Waals surface area contributed by atoms with E-state index < -0.39 is 0 Å². The highest BCUT2D eigenvalue weighted by atomic mass is 32.2. The van der Waals surface area contributed by atoms with Gasteiger partial charge in [0.05, 0.1) is 18.0 Å². The standard InChI is InChI=1S/C14H15N5OS/c1-10-12(8-20)13(21-14-15-9-16-18(14)2)19(17-10)11-6-4-3-5-7-11/h3-7,9,20H,8H2,1-2H3. The van der Waals surface area contributed by atoms with Gasteiger partial charge in [0.15, 0.2) is 5.16 Å². The lowest BCUT2D eigenvalue weighted by Crippen LogP contribution is -2.00. The summed E-state index contributed by atoms with van der Waals surface area (Å²) in [4.78, 5) is 4.22. The van der Waals surface area contributed by atoms with Crippen LogP contribution in [0.2, 0.25) is 0 Å². The molecular formula is C14H15N5OS. The summed E-state index contributed by atoms with van der Waals surface area (Å²) in [7, 11) is 1.84. The van der Waals surface area contributed by atoms with Crippen LogP contribution in [0, 0.1) is 6.92 Å². The van der Waals surface area contributed by atoms with E-state index in [1.807, 2.05) is 49.0 Å². The molecule has 2 heterocycles. The fourth-order valence-corrected chi connectivity index (χ4v) is 3.05. The van der Waals surface area contributed by atoms with Crippen LogP contribution in [0.4, 0.5) is 0 Å². The number of rotatable bonds is 4. The van der Waals surface area contributed by atoms with Gasteiger partial charge in [0.2, 0.25) is 0 Å². The molecule has 0 aliphatic rings. The maximum Gasteiger partial charge on any atom is 0.192 e. The number of nitrogens with zero attached hydrogens (tertiary/aromatic N) is 5. The molecule has 108 valence electrons. The van der Waals surface area contributed by atoms with E-state index in [0.717, 1.165) is 27.1 Å². The van der Waals surface area contributed by atoms with Gasteiger partial charge >= 0.3 is 0 Å². The molecular weight excluding hydrogens is 286 g/mol. The summed E-state index contributed by atoms with van der Waals surface area (Å²) < 4.78 is 3.53. The van der Waals surface area contributed by atoms with Crippen molar-refractivity contribution in [2.75, 3.05) is 0 Å². The van der Waals surface area contributed by atoms with E-state index in [2.05, 4.69) is 15.2 Å². The Labute approximate surface area is 126 Å². The van der Waals surface area contributed by atoms with Gasteiger partial charge in [0, 0.05) is 12.6 Å². The maximum absolute atomic E-state index is 9.65. The molecule has 3 aromatic rings. The van der Waals surface area contributed by atoms with E-state index in [-0.39, 0.29) is 6.61 Å². The molecule has 1 N–H and O–H groups in total. The third kappa shape index (κ3) is 2.57. The summed E-state index contributed by atoms with van der Waals surface area (Å²) >= 11 is 1.44. The zero-order valence-corrected chi connectivity index (χ0v) is 12.6. The summed E-state index contributed by atoms with van der Waals surface area (Å²) in [6, 6.07) is 9.84. The first-order chi connectivity index (χ1) is 10.2. The molecule has 0 spiro atoms. The molecule has 6 nitrogen and oxygen atoms in total. The number of hydrogen-bond donors (Lipinski definition) is 1. The van der Waals surface area contributed by atoms with Gasteiger partial charge in [-0.25, -0.2) is 14.3 Å². The van der Waals surface area contributed by atoms with Crippen molar-refractivity contribution in [3.63, 3.8) is 0 Å². The molecule has 0 saturated carbocycles. The lowest BCUT2D eigenvalue weighted by molar-refractivity contribution is 0.278. The Hall–Kier alpha value is -2.12. The molecule has 0 fully saturated rings. The van der Waals surface area contributed by atoms with Gasteiger partial charge in [-0.3, -0.25) is 0 Å². The molecule has 21 heavy (non-hydrogen) atoms. The Balaban J connectivity index is 2.11. The maximum atomic E-state index is 9.65. The van der Waals surface area contributed by atoms with Crippen LogP contribution in [-0.4, -0.2) is 29.7 Å². The third-order valence-electron chi connectivity index (χ3n) is 3.15. The van der Waals surface area contributed by atoms with Crippen molar-refractivity contribution in [1.29, 1.82) is 0 Å². The minimum Gasteiger partial charge on any atom is -0.392 e. The van der Waals surface area contributed by atoms with Crippen LogP contribution in [0.3, 0.4) is 0 Å². The van der Waals surface area contributed by atoms with E-state index in [1.54, 1.807) is 4.68 Å². The molecule has 0 amide bonds. The highest BCUT2D eigenvalue weighted by Gasteiger charge is 2.18. The molecule has 3 rings (SSSR count). The molecule has 0 atom stereocenters. The third-order valence-corrected chi connectivity index (χ3v) is 4.32. The van der Waals surface area contributed by atoms with E-state index in [9.17, 15) is 5.11 Å². The molecule has 0 saturated heterocycles. The molecule has 0 aliphatic heterocycles. The molecule has 0 aliphatic carbocycles. The number of para-hydroxylation sites is 1. The van der Waals surface area contributed by atoms with Crippen molar-refractivity contribution in [2.24, 2.45) is 7.05 Å². The van der Waals surface area contributed by atoms with Crippen molar-refractivity contribution in [3.8, 4) is 5.69 Å². The second-order valence-corrected chi connectivity index (χ2v) is 5.50. The van der Waals surface area contributed by atoms with Crippen molar-refractivity contribution in [3.05, 3.63) is 47.9 Å². The first-order valence-corrected chi connectivity index (χ1v) is 7.29. The number of aliphatic hydroxyl groups is 1. The minimum absolute atomic E-state index is 0.0567. The number of benzene rings is 1. The number of aliphatic hydroxyl groups excluding tert-OH is 1. The highest BCUT2D eigenvalue weighted by Crippen LogP contribution is 2.32. The Morgan fingerprint density at radius 3 is 2.62 bits per heavy atom. The Morgan fingerprint density at radius 2 is 2.00 bits per heavy atom. The summed E-state index contributed by atoms with van der Waals surface area (Å²) in [5.74, 6) is 0. The van der Waals surface area contributed by atoms with Crippen LogP contribution in [0.1, 0.15) is 11.3 Å². The fourth-order valence-electron chi connectivity index (χ4n) is 2.03. The molecule has 0 unspecified atom stereocenters. The van der Waals surface area contributed by atoms with Crippen LogP contribution in [0.15, 0.2) is 46.8 Å². The van der Waals surface area contributed by atoms with Crippen LogP contribution in [0.5, 0.6) is 0 Å². The molecule has 7 heteroatoms. The van der Waals surface area contributed by atoms with Crippen LogP contribution in [-0.2, 0) is 13.7 Å². The van der Waals surface area contributed by atoms with E-state index in [4.69, 9.17) is 0 Å². The Morgan fingerprint density at radius 1 is 1.24 bits per heavy atom. The zero-order chi connectivity index (χ0) is 14.8. The SMILES string of the molecule is Cc1nn(-c2ccccc2)c(Sc2ncnn2C)c1CO. The molecule has 0 bridgehead atoms. The monoisotopic (exact) mass is 301 g/mol. The summed E-state index contributed by atoms with van der Waals surface area (Å²) in [5.41, 5.74) is 2.57. The van der Waals surface area contributed by atoms with Gasteiger partial charge in [-0.1, -0.05) is 18.2 Å². The normalized spacial score (nSPS) is 11.0. The summed E-state index contributed by atoms with van der Waals surface area (Å²) in [5, 5.41) is 19.9. The van der Waals surface area contributed by atoms with Gasteiger partial charge in [-0.15, -0.1) is 0 Å². The molecule has 0 radical (unpaired) electrons. The number of aromatic nitrogens is 5. The molecule has 2 aromatic heterocycles. The largest absolute Gasteiger partial charge is 0.392 e. The van der Waals surface area contributed by atoms with Crippen LogP contribution in [0.25, 0.3) is 5.69 Å². The van der Waals surface area contributed by atoms with Crippen molar-refractivity contribution < 1.29 is 5.11 Å². The fraction of sp³-hybridized carbons (Fsp3) is 0.214. The van der Waals surface area contributed by atoms with Gasteiger partial charge in [0.25, 0.3) is 0 Å². The van der Waals surface area contributed by atoms with Crippen molar-refractivity contribution in [2.45, 2.75) is 23.7 Å². The number of hydrogen-bond acceptors (Lipinski definition) is 5. The first-order valence-electron chi connectivity index (χ1n) is 6.47. The molecule has 1 aromatic carbocycles. The number of aryl methyl sites for hydroxylation is 2. The highest BCUT2D eigenvalue weighted by molar-refractivity contribution is 7.99. The smallest absolute Gasteiger partial charge is 0.192 e. The predicted molar refractivity (Wildman–Crippen MR) is 79.3 cm³/mol. The van der Waals surface area contributed by atoms with Gasteiger partial charge < -0.3 is 5.11 Å². The van der Waals surface area contributed by atoms with Crippen LogP contribution >= 0.6 is 11.8 Å². The van der Waals surface area contributed by atoms with Gasteiger partial charge in [-0.05, 0) is 30.8 Å². The van der Waals surface area contributed by atoms with Gasteiger partial charge in [-0.2, -0.15) is 10.2 Å². The van der Waals surface area contributed by atoms with Crippen molar-refractivity contribution >= 4 is 11.8 Å². The average Bonchev–Trinajstić information content (AvgIpc) is 3.04. The second-order valence-electron chi connectivity index (χ2n) is 4.54. The van der Waals surface area contributed by atoms with E-state index >= 15 is 0 Å². The quantitative estimate of drug-likeness (QED) is 0.797. The topological polar surface area (TPSA) is 68.8 Å². The second kappa shape index (κ2) is 5.71. The van der Waals surface area contributed by atoms with Gasteiger partial charge in [0.1, 0.15) is 11.4 Å². The Bertz CT molecular complexity index is 750. The summed E-state index contributed by atoms with van der Waals surface area (Å²) in [6.45, 7) is 1.84. The van der Waals surface area contributed by atoms with Crippen molar-refractivity contribution in [1.82, 2.24) is 24.5 Å². The lowest BCUT2D eigenvalue weighted by Gasteiger charge is -2.07. The predicted octanol–water partition coefficient (Wildman–Crippen LogP) is 1.95. The Kier molecular flexibility index (Phi) is 3.76. The van der Waals surface area contributed by atoms with E-state index in [1.165, 1.54) is 18.1 Å². The van der Waals surface area contributed by atoms with E-state index in [0.29, 0.717) is 0 Å². The first kappa shape index (κ1) is 13.8.